The Morgan fingerprint density at radius 1 is 1.31 bits per heavy atom. The van der Waals surface area contributed by atoms with Gasteiger partial charge >= 0.3 is 6.18 Å². The Morgan fingerprint density at radius 3 is 2.59 bits per heavy atom. The van der Waals surface area contributed by atoms with Crippen LogP contribution in [0.25, 0.3) is 0 Å². The summed E-state index contributed by atoms with van der Waals surface area (Å²) in [6.07, 6.45) is -1.36. The van der Waals surface area contributed by atoms with Crippen LogP contribution in [0.1, 0.15) is 25.5 Å². The molecule has 1 aliphatic rings. The molecule has 0 spiro atoms. The third kappa shape index (κ3) is 9.15. The zero-order valence-corrected chi connectivity index (χ0v) is 19.1. The summed E-state index contributed by atoms with van der Waals surface area (Å²) in [5.41, 5.74) is 0.203. The lowest BCUT2D eigenvalue weighted by molar-refractivity contribution is -0.141. The first-order chi connectivity index (χ1) is 13.3. The van der Waals surface area contributed by atoms with E-state index in [0.29, 0.717) is 25.1 Å². The molecule has 1 aromatic heterocycles. The van der Waals surface area contributed by atoms with Crippen LogP contribution in [0.3, 0.4) is 0 Å². The van der Waals surface area contributed by atoms with E-state index >= 15 is 0 Å². The van der Waals surface area contributed by atoms with Crippen molar-refractivity contribution < 1.29 is 13.2 Å². The van der Waals surface area contributed by atoms with Gasteiger partial charge in [0.05, 0.1) is 0 Å². The summed E-state index contributed by atoms with van der Waals surface area (Å²) in [6, 6.07) is 1.18. The lowest BCUT2D eigenvalue weighted by Gasteiger charge is -2.33. The van der Waals surface area contributed by atoms with Gasteiger partial charge in [-0.15, -0.1) is 24.0 Å². The molecule has 1 saturated heterocycles. The third-order valence-electron chi connectivity index (χ3n) is 4.29. The highest BCUT2D eigenvalue weighted by Gasteiger charge is 2.32. The SMILES string of the molecule is C=C(C)CN1CCC(NC(=NC)NCCNc2nccc(C(F)(F)F)n2)CC1.I. The number of hydrogen-bond donors (Lipinski definition) is 3. The molecule has 29 heavy (non-hydrogen) atoms. The van der Waals surface area contributed by atoms with Crippen LogP contribution in [0.15, 0.2) is 29.4 Å². The fourth-order valence-corrected chi connectivity index (χ4v) is 2.96. The summed E-state index contributed by atoms with van der Waals surface area (Å²) in [7, 11) is 1.69. The van der Waals surface area contributed by atoms with Crippen molar-refractivity contribution in [3.63, 3.8) is 0 Å². The number of nitrogens with one attached hydrogen (secondary N) is 3. The molecule has 0 amide bonds. The topological polar surface area (TPSA) is 77.5 Å². The molecule has 0 unspecified atom stereocenters. The Balaban J connectivity index is 0.00000420. The number of likely N-dealkylation sites (tertiary alicyclic amines) is 1. The Labute approximate surface area is 186 Å². The number of guanidine groups is 1. The number of rotatable bonds is 7. The molecule has 0 atom stereocenters. The molecule has 3 N–H and O–H groups in total. The van der Waals surface area contributed by atoms with E-state index in [1.54, 1.807) is 7.05 Å². The second kappa shape index (κ2) is 12.2. The zero-order valence-electron chi connectivity index (χ0n) is 16.7. The van der Waals surface area contributed by atoms with Gasteiger partial charge in [-0.2, -0.15) is 13.2 Å². The van der Waals surface area contributed by atoms with Gasteiger partial charge in [0.15, 0.2) is 5.96 Å². The maximum atomic E-state index is 12.7. The van der Waals surface area contributed by atoms with Crippen molar-refractivity contribution in [3.8, 4) is 0 Å². The van der Waals surface area contributed by atoms with Crippen molar-refractivity contribution in [2.45, 2.75) is 32.0 Å². The molecule has 0 aromatic carbocycles. The highest BCUT2D eigenvalue weighted by molar-refractivity contribution is 14.0. The quantitative estimate of drug-likeness (QED) is 0.167. The van der Waals surface area contributed by atoms with Gasteiger partial charge in [0, 0.05) is 52.0 Å². The first kappa shape index (κ1) is 25.4. The number of hydrogen-bond acceptors (Lipinski definition) is 5. The van der Waals surface area contributed by atoms with Gasteiger partial charge in [0.25, 0.3) is 0 Å². The molecule has 7 nitrogen and oxygen atoms in total. The van der Waals surface area contributed by atoms with E-state index < -0.39 is 11.9 Å². The van der Waals surface area contributed by atoms with E-state index in [2.05, 4.69) is 42.4 Å². The minimum Gasteiger partial charge on any atom is -0.355 e. The molecule has 1 aromatic rings. The molecule has 11 heteroatoms. The van der Waals surface area contributed by atoms with Gasteiger partial charge in [-0.05, 0) is 25.8 Å². The molecule has 0 bridgehead atoms. The highest BCUT2D eigenvalue weighted by Crippen LogP contribution is 2.27. The smallest absolute Gasteiger partial charge is 0.355 e. The third-order valence-corrected chi connectivity index (χ3v) is 4.29. The van der Waals surface area contributed by atoms with Crippen molar-refractivity contribution in [1.82, 2.24) is 25.5 Å². The first-order valence-corrected chi connectivity index (χ1v) is 9.26. The zero-order chi connectivity index (χ0) is 20.6. The molecular formula is C18H29F3IN7. The van der Waals surface area contributed by atoms with Crippen molar-refractivity contribution in [1.29, 1.82) is 0 Å². The standard InChI is InChI=1S/C18H28F3N7.HI/c1-13(2)12-28-10-5-14(6-11-28)26-16(22-3)24-8-9-25-17-23-7-4-15(27-17)18(19,20)21;/h4,7,14H,1,5-6,8-12H2,2-3H3,(H2,22,24,26)(H,23,25,27);1H. The second-order valence-corrected chi connectivity index (χ2v) is 6.84. The summed E-state index contributed by atoms with van der Waals surface area (Å²) < 4.78 is 38.0. The molecule has 2 rings (SSSR count). The van der Waals surface area contributed by atoms with Gasteiger partial charge in [-0.1, -0.05) is 12.2 Å². The minimum absolute atomic E-state index is 0. The summed E-state index contributed by atoms with van der Waals surface area (Å²) in [6.45, 7) is 9.77. The number of aliphatic imine (C=N–C) groups is 1. The molecule has 0 aliphatic carbocycles. The monoisotopic (exact) mass is 527 g/mol. The van der Waals surface area contributed by atoms with Crippen LogP contribution in [0.4, 0.5) is 19.1 Å². The van der Waals surface area contributed by atoms with E-state index in [0.717, 1.165) is 44.7 Å². The maximum absolute atomic E-state index is 12.7. The fourth-order valence-electron chi connectivity index (χ4n) is 2.96. The van der Waals surface area contributed by atoms with Crippen molar-refractivity contribution >= 4 is 35.9 Å². The number of anilines is 1. The summed E-state index contributed by atoms with van der Waals surface area (Å²) in [5.74, 6) is 0.620. The first-order valence-electron chi connectivity index (χ1n) is 9.26. The highest BCUT2D eigenvalue weighted by atomic mass is 127. The Kier molecular flexibility index (Phi) is 10.6. The van der Waals surface area contributed by atoms with Crippen LogP contribution in [0, 0.1) is 0 Å². The Morgan fingerprint density at radius 2 is 2.00 bits per heavy atom. The molecule has 1 aliphatic heterocycles. The predicted molar refractivity (Wildman–Crippen MR) is 120 cm³/mol. The lowest BCUT2D eigenvalue weighted by atomic mass is 10.0. The van der Waals surface area contributed by atoms with E-state index in [9.17, 15) is 13.2 Å². The predicted octanol–water partition coefficient (Wildman–Crippen LogP) is 2.73. The van der Waals surface area contributed by atoms with Crippen LogP contribution in [-0.2, 0) is 6.18 Å². The van der Waals surface area contributed by atoms with Gasteiger partial charge < -0.3 is 16.0 Å². The fraction of sp³-hybridized carbons (Fsp3) is 0.611. The molecule has 164 valence electrons. The van der Waals surface area contributed by atoms with E-state index in [4.69, 9.17) is 0 Å². The Hall–Kier alpha value is -1.63. The van der Waals surface area contributed by atoms with Gasteiger partial charge in [0.1, 0.15) is 5.69 Å². The van der Waals surface area contributed by atoms with Crippen LogP contribution in [0.2, 0.25) is 0 Å². The van der Waals surface area contributed by atoms with Crippen LogP contribution in [-0.4, -0.2) is 66.6 Å². The second-order valence-electron chi connectivity index (χ2n) is 6.84. The van der Waals surface area contributed by atoms with Crippen molar-refractivity contribution in [2.75, 3.05) is 45.1 Å². The summed E-state index contributed by atoms with van der Waals surface area (Å²) in [4.78, 5) is 13.9. The lowest BCUT2D eigenvalue weighted by Crippen LogP contribution is -2.49. The van der Waals surface area contributed by atoms with E-state index in [-0.39, 0.29) is 29.9 Å². The molecule has 2 heterocycles. The van der Waals surface area contributed by atoms with Crippen LogP contribution >= 0.6 is 24.0 Å². The minimum atomic E-state index is -4.48. The largest absolute Gasteiger partial charge is 0.433 e. The molecule has 0 saturated carbocycles. The van der Waals surface area contributed by atoms with Gasteiger partial charge in [-0.3, -0.25) is 9.89 Å². The average molecular weight is 527 g/mol. The van der Waals surface area contributed by atoms with Crippen molar-refractivity contribution in [3.05, 3.63) is 30.1 Å². The normalized spacial score (nSPS) is 16.1. The number of aromatic nitrogens is 2. The molecular weight excluding hydrogens is 498 g/mol. The number of nitrogens with zero attached hydrogens (tertiary/aromatic N) is 4. The van der Waals surface area contributed by atoms with Gasteiger partial charge in [0.2, 0.25) is 5.95 Å². The van der Waals surface area contributed by atoms with Crippen LogP contribution < -0.4 is 16.0 Å². The average Bonchev–Trinajstić information content (AvgIpc) is 2.65. The van der Waals surface area contributed by atoms with E-state index in [1.807, 2.05) is 6.92 Å². The molecule has 0 radical (unpaired) electrons. The van der Waals surface area contributed by atoms with Crippen LogP contribution in [0.5, 0.6) is 0 Å². The van der Waals surface area contributed by atoms with E-state index in [1.165, 1.54) is 5.57 Å². The van der Waals surface area contributed by atoms with Crippen molar-refractivity contribution in [2.24, 2.45) is 4.99 Å². The Bertz CT molecular complexity index is 674. The number of halogens is 4. The molecule has 1 fully saturated rings. The van der Waals surface area contributed by atoms with Gasteiger partial charge in [-0.25, -0.2) is 9.97 Å². The number of piperidine rings is 1. The summed E-state index contributed by atoms with van der Waals surface area (Å²) >= 11 is 0. The maximum Gasteiger partial charge on any atom is 0.433 e. The summed E-state index contributed by atoms with van der Waals surface area (Å²) in [5, 5.41) is 9.32. The number of alkyl halides is 3.